The summed E-state index contributed by atoms with van der Waals surface area (Å²) in [5.74, 6) is 0.771. The van der Waals surface area contributed by atoms with Crippen LogP contribution in [0.1, 0.15) is 26.3 Å². The van der Waals surface area contributed by atoms with Gasteiger partial charge >= 0.3 is 0 Å². The minimum Gasteiger partial charge on any atom is -0.337 e. The molecule has 0 bridgehead atoms. The van der Waals surface area contributed by atoms with E-state index in [2.05, 4.69) is 21.6 Å². The molecule has 0 saturated carbocycles. The monoisotopic (exact) mass is 357 g/mol. The van der Waals surface area contributed by atoms with Gasteiger partial charge in [-0.3, -0.25) is 4.79 Å². The van der Waals surface area contributed by atoms with Crippen molar-refractivity contribution in [1.82, 2.24) is 20.1 Å². The summed E-state index contributed by atoms with van der Waals surface area (Å²) in [5, 5.41) is 21.1. The molecule has 0 aliphatic rings. The molecule has 132 valence electrons. The van der Waals surface area contributed by atoms with Crippen molar-refractivity contribution in [3.63, 3.8) is 0 Å². The zero-order valence-corrected chi connectivity index (χ0v) is 16.0. The zero-order valence-electron chi connectivity index (χ0n) is 15.2. The zero-order chi connectivity index (χ0) is 18.6. The largest absolute Gasteiger partial charge is 0.337 e. The van der Waals surface area contributed by atoms with E-state index in [1.165, 1.54) is 17.3 Å². The fourth-order valence-electron chi connectivity index (χ4n) is 2.15. The van der Waals surface area contributed by atoms with Crippen molar-refractivity contribution in [3.8, 4) is 17.5 Å². The number of hydrogen-bond acceptors (Lipinski definition) is 5. The molecule has 1 atom stereocenters. The molecular weight excluding hydrogens is 334 g/mol. The summed E-state index contributed by atoms with van der Waals surface area (Å²) >= 11 is 1.30. The molecule has 0 aliphatic heterocycles. The van der Waals surface area contributed by atoms with Crippen LogP contribution in [0.25, 0.3) is 11.4 Å². The Morgan fingerprint density at radius 1 is 1.36 bits per heavy atom. The highest BCUT2D eigenvalue weighted by molar-refractivity contribution is 7.99. The summed E-state index contributed by atoms with van der Waals surface area (Å²) in [6, 6.07) is 10.2. The van der Waals surface area contributed by atoms with Gasteiger partial charge in [0.05, 0.1) is 11.8 Å². The summed E-state index contributed by atoms with van der Waals surface area (Å²) in [6.07, 6.45) is 0. The standard InChI is InChI=1S/C18H23N5OS/c1-12(2)18(4,11-19)20-15(24)10-25-17-22-21-16(23(17)5)14-8-6-13(3)7-9-14/h6-9,12H,10H2,1-5H3,(H,20,24). The first-order valence-corrected chi connectivity index (χ1v) is 9.07. The van der Waals surface area contributed by atoms with Gasteiger partial charge in [0.25, 0.3) is 0 Å². The average Bonchev–Trinajstić information content (AvgIpc) is 2.94. The van der Waals surface area contributed by atoms with Crippen LogP contribution in [0.4, 0.5) is 0 Å². The predicted molar refractivity (Wildman–Crippen MR) is 98.9 cm³/mol. The summed E-state index contributed by atoms with van der Waals surface area (Å²) < 4.78 is 1.87. The summed E-state index contributed by atoms with van der Waals surface area (Å²) in [4.78, 5) is 12.2. The molecule has 1 unspecified atom stereocenters. The third-order valence-electron chi connectivity index (χ3n) is 4.26. The number of nitriles is 1. The van der Waals surface area contributed by atoms with Crippen LogP contribution < -0.4 is 5.32 Å². The van der Waals surface area contributed by atoms with Crippen molar-refractivity contribution in [2.75, 3.05) is 5.75 Å². The van der Waals surface area contributed by atoms with Crippen LogP contribution in [0, 0.1) is 24.2 Å². The lowest BCUT2D eigenvalue weighted by Crippen LogP contribution is -2.49. The van der Waals surface area contributed by atoms with Crippen molar-refractivity contribution < 1.29 is 4.79 Å². The maximum Gasteiger partial charge on any atom is 0.231 e. The Hall–Kier alpha value is -2.33. The Labute approximate surface area is 152 Å². The number of hydrogen-bond donors (Lipinski definition) is 1. The van der Waals surface area contributed by atoms with E-state index < -0.39 is 5.54 Å². The number of thioether (sulfide) groups is 1. The van der Waals surface area contributed by atoms with Gasteiger partial charge in [-0.1, -0.05) is 55.4 Å². The smallest absolute Gasteiger partial charge is 0.231 e. The maximum absolute atomic E-state index is 12.2. The Kier molecular flexibility index (Phi) is 5.85. The van der Waals surface area contributed by atoms with E-state index in [-0.39, 0.29) is 17.6 Å². The Morgan fingerprint density at radius 2 is 2.00 bits per heavy atom. The fraction of sp³-hybridized carbons (Fsp3) is 0.444. The molecule has 6 nitrogen and oxygen atoms in total. The van der Waals surface area contributed by atoms with E-state index >= 15 is 0 Å². The number of carbonyl (C=O) groups is 1. The first-order chi connectivity index (χ1) is 11.8. The quantitative estimate of drug-likeness (QED) is 0.804. The molecule has 0 fully saturated rings. The van der Waals surface area contributed by atoms with E-state index in [0.717, 1.165) is 11.4 Å². The van der Waals surface area contributed by atoms with E-state index in [1.807, 2.05) is 56.7 Å². The molecule has 2 aromatic rings. The van der Waals surface area contributed by atoms with Crippen LogP contribution in [0.5, 0.6) is 0 Å². The highest BCUT2D eigenvalue weighted by Crippen LogP contribution is 2.23. The van der Waals surface area contributed by atoms with Crippen LogP contribution in [-0.4, -0.2) is 32.0 Å². The molecule has 1 amide bonds. The molecule has 0 saturated heterocycles. The maximum atomic E-state index is 12.2. The molecule has 1 aromatic carbocycles. The van der Waals surface area contributed by atoms with E-state index in [4.69, 9.17) is 0 Å². The number of aryl methyl sites for hydroxylation is 1. The molecule has 0 spiro atoms. The number of benzene rings is 1. The minimum atomic E-state index is -0.870. The van der Waals surface area contributed by atoms with Crippen molar-refractivity contribution in [1.29, 1.82) is 5.26 Å². The second-order valence-corrected chi connectivity index (χ2v) is 7.48. The summed E-state index contributed by atoms with van der Waals surface area (Å²) in [5.41, 5.74) is 1.29. The molecule has 1 aromatic heterocycles. The van der Waals surface area contributed by atoms with Gasteiger partial charge in [0.2, 0.25) is 5.91 Å². The lowest BCUT2D eigenvalue weighted by Gasteiger charge is -2.27. The molecule has 0 aliphatic carbocycles. The third kappa shape index (κ3) is 4.40. The van der Waals surface area contributed by atoms with Crippen molar-refractivity contribution in [3.05, 3.63) is 29.8 Å². The normalized spacial score (nSPS) is 13.3. The van der Waals surface area contributed by atoms with Crippen LogP contribution in [0.3, 0.4) is 0 Å². The number of aromatic nitrogens is 3. The Balaban J connectivity index is 2.04. The number of nitrogens with zero attached hydrogens (tertiary/aromatic N) is 4. The lowest BCUT2D eigenvalue weighted by atomic mass is 9.90. The molecule has 1 N–H and O–H groups in total. The molecule has 7 heteroatoms. The van der Waals surface area contributed by atoms with E-state index in [0.29, 0.717) is 5.16 Å². The van der Waals surface area contributed by atoms with Gasteiger partial charge in [-0.15, -0.1) is 10.2 Å². The second kappa shape index (κ2) is 7.70. The number of rotatable bonds is 6. The number of nitrogens with one attached hydrogen (secondary N) is 1. The van der Waals surface area contributed by atoms with Crippen LogP contribution in [0.15, 0.2) is 29.4 Å². The molecule has 0 radical (unpaired) electrons. The molecule has 2 rings (SSSR count). The third-order valence-corrected chi connectivity index (χ3v) is 5.28. The molecule has 25 heavy (non-hydrogen) atoms. The van der Waals surface area contributed by atoms with Gasteiger partial charge in [0.15, 0.2) is 11.0 Å². The Morgan fingerprint density at radius 3 is 2.56 bits per heavy atom. The SMILES string of the molecule is Cc1ccc(-c2nnc(SCC(=O)NC(C)(C#N)C(C)C)n2C)cc1. The van der Waals surface area contributed by atoms with Gasteiger partial charge in [-0.05, 0) is 19.8 Å². The van der Waals surface area contributed by atoms with Gasteiger partial charge in [-0.25, -0.2) is 0 Å². The van der Waals surface area contributed by atoms with Gasteiger partial charge in [-0.2, -0.15) is 5.26 Å². The van der Waals surface area contributed by atoms with Crippen molar-refractivity contribution >= 4 is 17.7 Å². The summed E-state index contributed by atoms with van der Waals surface area (Å²) in [7, 11) is 1.88. The first kappa shape index (κ1) is 19.0. The van der Waals surface area contributed by atoms with E-state index in [9.17, 15) is 10.1 Å². The predicted octanol–water partition coefficient (Wildman–Crippen LogP) is 2.94. The Bertz CT molecular complexity index is 791. The fourth-order valence-corrected chi connectivity index (χ4v) is 2.86. The van der Waals surface area contributed by atoms with Gasteiger partial charge < -0.3 is 9.88 Å². The average molecular weight is 357 g/mol. The second-order valence-electron chi connectivity index (χ2n) is 6.54. The highest BCUT2D eigenvalue weighted by atomic mass is 32.2. The highest BCUT2D eigenvalue weighted by Gasteiger charge is 2.30. The van der Waals surface area contributed by atoms with Crippen LogP contribution in [0.2, 0.25) is 0 Å². The number of amides is 1. The van der Waals surface area contributed by atoms with Gasteiger partial charge in [0.1, 0.15) is 5.54 Å². The summed E-state index contributed by atoms with van der Waals surface area (Å²) in [6.45, 7) is 7.59. The number of carbonyl (C=O) groups excluding carboxylic acids is 1. The van der Waals surface area contributed by atoms with Crippen LogP contribution >= 0.6 is 11.8 Å². The van der Waals surface area contributed by atoms with Crippen LogP contribution in [-0.2, 0) is 11.8 Å². The van der Waals surface area contributed by atoms with Crippen molar-refractivity contribution in [2.24, 2.45) is 13.0 Å². The first-order valence-electron chi connectivity index (χ1n) is 8.08. The molecule has 1 heterocycles. The van der Waals surface area contributed by atoms with Gasteiger partial charge in [0, 0.05) is 12.6 Å². The molecular formula is C18H23N5OS. The topological polar surface area (TPSA) is 83.6 Å². The van der Waals surface area contributed by atoms with E-state index in [1.54, 1.807) is 6.92 Å². The minimum absolute atomic E-state index is 0.0226. The van der Waals surface area contributed by atoms with Crippen molar-refractivity contribution in [2.45, 2.75) is 38.4 Å². The lowest BCUT2D eigenvalue weighted by molar-refractivity contribution is -0.120.